The summed E-state index contributed by atoms with van der Waals surface area (Å²) in [6.07, 6.45) is 3.71. The average molecular weight is 220 g/mol. The molecule has 1 aliphatic rings. The molecule has 1 aliphatic carbocycles. The number of furan rings is 1. The number of ether oxygens (including phenoxy) is 1. The van der Waals surface area contributed by atoms with Crippen molar-refractivity contribution < 1.29 is 9.15 Å². The van der Waals surface area contributed by atoms with E-state index in [9.17, 15) is 0 Å². The van der Waals surface area contributed by atoms with E-state index in [-0.39, 0.29) is 0 Å². The molecule has 0 saturated heterocycles. The molecule has 0 amide bonds. The first kappa shape index (κ1) is 11.2. The van der Waals surface area contributed by atoms with Crippen molar-refractivity contribution >= 4 is 0 Å². The van der Waals surface area contributed by atoms with Crippen LogP contribution in [0.25, 0.3) is 0 Å². The van der Waals surface area contributed by atoms with Crippen LogP contribution in [0.4, 0.5) is 0 Å². The summed E-state index contributed by atoms with van der Waals surface area (Å²) in [6.45, 7) is 0.683. The van der Waals surface area contributed by atoms with Gasteiger partial charge >= 0.3 is 0 Å². The Morgan fingerprint density at radius 1 is 1.56 bits per heavy atom. The maximum Gasteiger partial charge on any atom is 0.203 e. The van der Waals surface area contributed by atoms with E-state index < -0.39 is 0 Å². The van der Waals surface area contributed by atoms with Crippen LogP contribution >= 0.6 is 0 Å². The number of nitriles is 1. The minimum Gasteiger partial charge on any atom is -0.449 e. The van der Waals surface area contributed by atoms with Crippen LogP contribution in [0, 0.1) is 11.3 Å². The van der Waals surface area contributed by atoms with Crippen molar-refractivity contribution in [2.45, 2.75) is 38.0 Å². The van der Waals surface area contributed by atoms with E-state index in [4.69, 9.17) is 14.4 Å². The van der Waals surface area contributed by atoms with Gasteiger partial charge in [-0.15, -0.1) is 0 Å². The molecule has 0 aliphatic heterocycles. The Morgan fingerprint density at radius 2 is 2.44 bits per heavy atom. The molecule has 1 N–H and O–H groups in total. The van der Waals surface area contributed by atoms with Crippen molar-refractivity contribution in [3.05, 3.63) is 23.7 Å². The number of nitrogens with zero attached hydrogens (tertiary/aromatic N) is 1. The van der Waals surface area contributed by atoms with Crippen molar-refractivity contribution in [1.82, 2.24) is 5.32 Å². The number of nitrogens with one attached hydrogen (secondary N) is 1. The van der Waals surface area contributed by atoms with Crippen LogP contribution in [0.3, 0.4) is 0 Å². The van der Waals surface area contributed by atoms with Crippen LogP contribution < -0.4 is 5.32 Å². The molecule has 1 aromatic rings. The summed E-state index contributed by atoms with van der Waals surface area (Å²) in [6, 6.07) is 6.02. The summed E-state index contributed by atoms with van der Waals surface area (Å²) in [7, 11) is 1.76. The molecular weight excluding hydrogens is 204 g/mol. The molecule has 16 heavy (non-hydrogen) atoms. The summed E-state index contributed by atoms with van der Waals surface area (Å²) in [4.78, 5) is 0. The lowest BCUT2D eigenvalue weighted by molar-refractivity contribution is 0.107. The zero-order chi connectivity index (χ0) is 11.4. The summed E-state index contributed by atoms with van der Waals surface area (Å²) in [5.74, 6) is 1.19. The van der Waals surface area contributed by atoms with Gasteiger partial charge in [0.25, 0.3) is 0 Å². The topological polar surface area (TPSA) is 58.2 Å². The maximum absolute atomic E-state index is 8.62. The molecule has 2 rings (SSSR count). The zero-order valence-corrected chi connectivity index (χ0v) is 9.40. The summed E-state index contributed by atoms with van der Waals surface area (Å²) < 4.78 is 10.6. The van der Waals surface area contributed by atoms with Gasteiger partial charge in [-0.3, -0.25) is 0 Å². The molecular formula is C12H16N2O2. The maximum atomic E-state index is 8.62. The Kier molecular flexibility index (Phi) is 3.60. The molecule has 2 unspecified atom stereocenters. The predicted octanol–water partition coefficient (Wildman–Crippen LogP) is 1.81. The molecule has 0 bridgehead atoms. The highest BCUT2D eigenvalue weighted by atomic mass is 16.5. The number of hydrogen-bond donors (Lipinski definition) is 1. The van der Waals surface area contributed by atoms with Crippen LogP contribution in [0.2, 0.25) is 0 Å². The van der Waals surface area contributed by atoms with Crippen LogP contribution in [-0.2, 0) is 11.3 Å². The smallest absolute Gasteiger partial charge is 0.203 e. The van der Waals surface area contributed by atoms with E-state index in [1.807, 2.05) is 12.1 Å². The number of rotatable bonds is 4. The van der Waals surface area contributed by atoms with Gasteiger partial charge in [-0.25, -0.2) is 0 Å². The molecule has 1 heterocycles. The Bertz CT molecular complexity index is 381. The Morgan fingerprint density at radius 3 is 3.06 bits per heavy atom. The molecule has 4 nitrogen and oxygen atoms in total. The molecule has 1 fully saturated rings. The van der Waals surface area contributed by atoms with E-state index in [0.29, 0.717) is 24.5 Å². The Balaban J connectivity index is 1.78. The Hall–Kier alpha value is -1.31. The summed E-state index contributed by atoms with van der Waals surface area (Å²) >= 11 is 0. The second kappa shape index (κ2) is 5.15. The van der Waals surface area contributed by atoms with E-state index in [1.54, 1.807) is 13.2 Å². The van der Waals surface area contributed by atoms with Gasteiger partial charge in [-0.2, -0.15) is 5.26 Å². The molecule has 1 aromatic heterocycles. The first-order chi connectivity index (χ1) is 7.81. The molecule has 1 saturated carbocycles. The predicted molar refractivity (Wildman–Crippen MR) is 58.7 cm³/mol. The molecule has 0 aromatic carbocycles. The average Bonchev–Trinajstić information content (AvgIpc) is 2.95. The van der Waals surface area contributed by atoms with Gasteiger partial charge in [0, 0.05) is 13.2 Å². The van der Waals surface area contributed by atoms with E-state index in [1.165, 1.54) is 0 Å². The lowest BCUT2D eigenvalue weighted by Gasteiger charge is -2.11. The first-order valence-corrected chi connectivity index (χ1v) is 5.57. The second-order valence-corrected chi connectivity index (χ2v) is 4.13. The zero-order valence-electron chi connectivity index (χ0n) is 9.40. The molecule has 2 atom stereocenters. The largest absolute Gasteiger partial charge is 0.449 e. The van der Waals surface area contributed by atoms with Gasteiger partial charge in [0.1, 0.15) is 11.8 Å². The molecule has 0 spiro atoms. The minimum atomic E-state index is 0.373. The van der Waals surface area contributed by atoms with Crippen molar-refractivity contribution in [2.75, 3.05) is 7.11 Å². The van der Waals surface area contributed by atoms with Gasteiger partial charge < -0.3 is 14.5 Å². The monoisotopic (exact) mass is 220 g/mol. The van der Waals surface area contributed by atoms with Crippen LogP contribution in [0.1, 0.15) is 30.8 Å². The number of methoxy groups -OCH3 is 1. The van der Waals surface area contributed by atoms with Gasteiger partial charge in [-0.05, 0) is 31.4 Å². The fourth-order valence-corrected chi connectivity index (χ4v) is 2.12. The van der Waals surface area contributed by atoms with Gasteiger partial charge in [-0.1, -0.05) is 0 Å². The van der Waals surface area contributed by atoms with Gasteiger partial charge in [0.2, 0.25) is 5.76 Å². The molecule has 86 valence electrons. The fraction of sp³-hybridized carbons (Fsp3) is 0.583. The van der Waals surface area contributed by atoms with E-state index in [0.717, 1.165) is 25.0 Å². The quantitative estimate of drug-likeness (QED) is 0.840. The second-order valence-electron chi connectivity index (χ2n) is 4.13. The third-order valence-electron chi connectivity index (χ3n) is 3.05. The van der Waals surface area contributed by atoms with Crippen molar-refractivity contribution in [1.29, 1.82) is 5.26 Å². The highest BCUT2D eigenvalue weighted by molar-refractivity contribution is 5.19. The number of hydrogen-bond acceptors (Lipinski definition) is 4. The highest BCUT2D eigenvalue weighted by Gasteiger charge is 2.23. The highest BCUT2D eigenvalue weighted by Crippen LogP contribution is 2.21. The molecule has 0 radical (unpaired) electrons. The molecule has 4 heteroatoms. The Labute approximate surface area is 95.2 Å². The van der Waals surface area contributed by atoms with Gasteiger partial charge in [0.15, 0.2) is 0 Å². The summed E-state index contributed by atoms with van der Waals surface area (Å²) in [5.41, 5.74) is 0. The van der Waals surface area contributed by atoms with Crippen LogP contribution in [0.15, 0.2) is 16.5 Å². The first-order valence-electron chi connectivity index (χ1n) is 5.57. The lowest BCUT2D eigenvalue weighted by atomic mass is 10.2. The van der Waals surface area contributed by atoms with Gasteiger partial charge in [0.05, 0.1) is 12.6 Å². The fourth-order valence-electron chi connectivity index (χ4n) is 2.12. The van der Waals surface area contributed by atoms with Crippen molar-refractivity contribution in [3.8, 4) is 6.07 Å². The van der Waals surface area contributed by atoms with E-state index in [2.05, 4.69) is 5.32 Å². The van der Waals surface area contributed by atoms with Crippen LogP contribution in [-0.4, -0.2) is 19.3 Å². The third kappa shape index (κ3) is 2.63. The van der Waals surface area contributed by atoms with Crippen molar-refractivity contribution in [2.24, 2.45) is 0 Å². The third-order valence-corrected chi connectivity index (χ3v) is 3.05. The lowest BCUT2D eigenvalue weighted by Crippen LogP contribution is -2.26. The normalized spacial score (nSPS) is 24.5. The summed E-state index contributed by atoms with van der Waals surface area (Å²) in [5, 5.41) is 12.0. The van der Waals surface area contributed by atoms with E-state index >= 15 is 0 Å². The van der Waals surface area contributed by atoms with Crippen LogP contribution in [0.5, 0.6) is 0 Å². The van der Waals surface area contributed by atoms with Crippen molar-refractivity contribution in [3.63, 3.8) is 0 Å². The minimum absolute atomic E-state index is 0.373. The SMILES string of the molecule is COC1CCC(NCc2ccc(C#N)o2)C1. The standard InChI is InChI=1S/C12H16N2O2/c1-15-10-3-2-9(6-10)14-8-12-5-4-11(7-13)16-12/h4-5,9-10,14H,2-3,6,8H2,1H3.